The van der Waals surface area contributed by atoms with Crippen LogP contribution in [0.4, 0.5) is 5.95 Å². The van der Waals surface area contributed by atoms with Crippen LogP contribution in [-0.4, -0.2) is 49.2 Å². The van der Waals surface area contributed by atoms with Gasteiger partial charge in [0.25, 0.3) is 0 Å². The van der Waals surface area contributed by atoms with Gasteiger partial charge in [0.05, 0.1) is 20.3 Å². The maximum Gasteiger partial charge on any atom is 0.231 e. The number of methoxy groups -OCH3 is 2. The predicted molar refractivity (Wildman–Crippen MR) is 85.9 cm³/mol. The van der Waals surface area contributed by atoms with Crippen LogP contribution >= 0.6 is 0 Å². The Morgan fingerprint density at radius 3 is 2.22 bits per heavy atom. The zero-order chi connectivity index (χ0) is 16.2. The highest BCUT2D eigenvalue weighted by molar-refractivity contribution is 5.79. The molecule has 0 aromatic carbocycles. The van der Waals surface area contributed by atoms with E-state index in [1.165, 1.54) is 6.42 Å². The monoisotopic (exact) mass is 320 g/mol. The minimum atomic E-state index is 0.231. The minimum absolute atomic E-state index is 0.231. The van der Waals surface area contributed by atoms with Gasteiger partial charge in [0.2, 0.25) is 23.6 Å². The van der Waals surface area contributed by atoms with Crippen LogP contribution in [0.15, 0.2) is 6.07 Å². The van der Waals surface area contributed by atoms with Crippen molar-refractivity contribution in [3.05, 3.63) is 6.07 Å². The zero-order valence-corrected chi connectivity index (χ0v) is 13.7. The summed E-state index contributed by atoms with van der Waals surface area (Å²) in [7, 11) is 3.15. The van der Waals surface area contributed by atoms with Gasteiger partial charge in [-0.3, -0.25) is 4.79 Å². The van der Waals surface area contributed by atoms with Gasteiger partial charge in [0.15, 0.2) is 0 Å². The van der Waals surface area contributed by atoms with Gasteiger partial charge in [-0.05, 0) is 25.7 Å². The fourth-order valence-corrected chi connectivity index (χ4v) is 2.96. The number of nitrogens with zero attached hydrogens (tertiary/aromatic N) is 3. The molecule has 1 N–H and O–H groups in total. The lowest BCUT2D eigenvalue weighted by atomic mass is 9.84. The fourth-order valence-electron chi connectivity index (χ4n) is 2.96. The first-order chi connectivity index (χ1) is 11.2. The molecule has 0 radical (unpaired) electrons. The van der Waals surface area contributed by atoms with Crippen LogP contribution < -0.4 is 19.7 Å². The Kier molecular flexibility index (Phi) is 4.83. The maximum absolute atomic E-state index is 12.0. The average molecular weight is 320 g/mol. The molecule has 7 heteroatoms. The molecule has 7 nitrogen and oxygen atoms in total. The van der Waals surface area contributed by atoms with Crippen molar-refractivity contribution in [3.63, 3.8) is 0 Å². The van der Waals surface area contributed by atoms with E-state index in [0.29, 0.717) is 17.7 Å². The van der Waals surface area contributed by atoms with Crippen molar-refractivity contribution in [2.24, 2.45) is 5.92 Å². The Labute approximate surface area is 136 Å². The Bertz CT molecular complexity index is 532. The number of amides is 1. The van der Waals surface area contributed by atoms with Crippen LogP contribution in [-0.2, 0) is 4.79 Å². The van der Waals surface area contributed by atoms with E-state index in [-0.39, 0.29) is 17.9 Å². The molecule has 126 valence electrons. The molecule has 1 saturated carbocycles. The zero-order valence-electron chi connectivity index (χ0n) is 13.7. The molecule has 1 aromatic rings. The lowest BCUT2D eigenvalue weighted by Crippen LogP contribution is -2.47. The van der Waals surface area contributed by atoms with E-state index in [9.17, 15) is 4.79 Å². The third kappa shape index (κ3) is 3.65. The van der Waals surface area contributed by atoms with Gasteiger partial charge in [-0.1, -0.05) is 6.42 Å². The Hall–Kier alpha value is -2.05. The van der Waals surface area contributed by atoms with E-state index in [2.05, 4.69) is 20.2 Å². The van der Waals surface area contributed by atoms with Crippen molar-refractivity contribution in [3.8, 4) is 11.8 Å². The van der Waals surface area contributed by atoms with E-state index in [4.69, 9.17) is 9.47 Å². The van der Waals surface area contributed by atoms with Crippen molar-refractivity contribution >= 4 is 11.9 Å². The summed E-state index contributed by atoms with van der Waals surface area (Å²) in [6, 6.07) is 1.92. The number of piperidine rings is 1. The molecule has 0 spiro atoms. The summed E-state index contributed by atoms with van der Waals surface area (Å²) >= 11 is 0. The van der Waals surface area contributed by atoms with Crippen molar-refractivity contribution in [2.75, 3.05) is 32.2 Å². The third-order valence-corrected chi connectivity index (χ3v) is 4.69. The Balaban J connectivity index is 1.57. The molecule has 23 heavy (non-hydrogen) atoms. The maximum atomic E-state index is 12.0. The molecule has 2 heterocycles. The van der Waals surface area contributed by atoms with Crippen LogP contribution in [0.5, 0.6) is 11.8 Å². The summed E-state index contributed by atoms with van der Waals surface area (Å²) in [6.07, 6.45) is 5.08. The van der Waals surface area contributed by atoms with Crippen LogP contribution in [0.1, 0.15) is 32.1 Å². The molecule has 0 atom stereocenters. The first kappa shape index (κ1) is 15.8. The second-order valence-electron chi connectivity index (χ2n) is 6.15. The summed E-state index contributed by atoms with van der Waals surface area (Å²) < 4.78 is 10.4. The van der Waals surface area contributed by atoms with Gasteiger partial charge < -0.3 is 19.7 Å². The normalized spacial score (nSPS) is 19.1. The molecule has 2 fully saturated rings. The number of hydrogen-bond acceptors (Lipinski definition) is 6. The van der Waals surface area contributed by atoms with E-state index >= 15 is 0 Å². The molecule has 3 rings (SSSR count). The number of anilines is 1. The highest BCUT2D eigenvalue weighted by Gasteiger charge is 2.29. The number of rotatable bonds is 5. The van der Waals surface area contributed by atoms with Crippen molar-refractivity contribution in [1.29, 1.82) is 0 Å². The number of carbonyl (C=O) groups excluding carboxylic acids is 1. The molecule has 1 aromatic heterocycles. The second-order valence-corrected chi connectivity index (χ2v) is 6.15. The number of aromatic nitrogens is 2. The van der Waals surface area contributed by atoms with Crippen LogP contribution in [0.3, 0.4) is 0 Å². The molecule has 1 amide bonds. The van der Waals surface area contributed by atoms with Crippen LogP contribution in [0.25, 0.3) is 0 Å². The molecule has 2 aliphatic rings. The third-order valence-electron chi connectivity index (χ3n) is 4.69. The largest absolute Gasteiger partial charge is 0.481 e. The fraction of sp³-hybridized carbons (Fsp3) is 0.688. The van der Waals surface area contributed by atoms with E-state index in [1.54, 1.807) is 20.3 Å². The summed E-state index contributed by atoms with van der Waals surface area (Å²) in [5.41, 5.74) is 0. The molecule has 0 bridgehead atoms. The molecule has 0 unspecified atom stereocenters. The summed E-state index contributed by atoms with van der Waals surface area (Å²) in [5.74, 6) is 2.08. The summed E-state index contributed by atoms with van der Waals surface area (Å²) in [4.78, 5) is 22.9. The SMILES string of the molecule is COc1cc(OC)nc(N2CCC(NC(=O)C3CCC3)CC2)n1. The quantitative estimate of drug-likeness (QED) is 0.883. The molecule has 1 aliphatic heterocycles. The Morgan fingerprint density at radius 1 is 1.13 bits per heavy atom. The van der Waals surface area contributed by atoms with E-state index < -0.39 is 0 Å². The van der Waals surface area contributed by atoms with Gasteiger partial charge in [-0.15, -0.1) is 0 Å². The molecule has 1 aliphatic carbocycles. The van der Waals surface area contributed by atoms with E-state index in [0.717, 1.165) is 38.8 Å². The lowest BCUT2D eigenvalue weighted by molar-refractivity contribution is -0.128. The number of nitrogens with one attached hydrogen (secondary N) is 1. The van der Waals surface area contributed by atoms with Gasteiger partial charge in [0, 0.05) is 25.0 Å². The van der Waals surface area contributed by atoms with Gasteiger partial charge >= 0.3 is 0 Å². The van der Waals surface area contributed by atoms with Gasteiger partial charge in [0.1, 0.15) is 0 Å². The molecular formula is C16H24N4O3. The van der Waals surface area contributed by atoms with Crippen LogP contribution in [0, 0.1) is 5.92 Å². The number of carbonyl (C=O) groups is 1. The van der Waals surface area contributed by atoms with Crippen molar-refractivity contribution < 1.29 is 14.3 Å². The predicted octanol–water partition coefficient (Wildman–Crippen LogP) is 1.38. The minimum Gasteiger partial charge on any atom is -0.481 e. The number of hydrogen-bond donors (Lipinski definition) is 1. The van der Waals surface area contributed by atoms with E-state index in [1.807, 2.05) is 0 Å². The summed E-state index contributed by atoms with van der Waals surface area (Å²) in [6.45, 7) is 1.62. The average Bonchev–Trinajstić information content (AvgIpc) is 2.53. The second kappa shape index (κ2) is 7.02. The highest BCUT2D eigenvalue weighted by Crippen LogP contribution is 2.27. The standard InChI is InChI=1S/C16H24N4O3/c1-22-13-10-14(23-2)19-16(18-13)20-8-6-12(7-9-20)17-15(21)11-4-3-5-11/h10-12H,3-9H2,1-2H3,(H,17,21). The topological polar surface area (TPSA) is 76.6 Å². The van der Waals surface area contributed by atoms with Gasteiger partial charge in [-0.2, -0.15) is 9.97 Å². The lowest BCUT2D eigenvalue weighted by Gasteiger charge is -2.34. The molecular weight excluding hydrogens is 296 g/mol. The molecule has 1 saturated heterocycles. The first-order valence-electron chi connectivity index (χ1n) is 8.22. The van der Waals surface area contributed by atoms with Crippen molar-refractivity contribution in [1.82, 2.24) is 15.3 Å². The van der Waals surface area contributed by atoms with Gasteiger partial charge in [-0.25, -0.2) is 0 Å². The smallest absolute Gasteiger partial charge is 0.231 e. The Morgan fingerprint density at radius 2 is 1.74 bits per heavy atom. The summed E-state index contributed by atoms with van der Waals surface area (Å²) in [5, 5.41) is 3.18. The highest BCUT2D eigenvalue weighted by atomic mass is 16.5. The van der Waals surface area contributed by atoms with Crippen molar-refractivity contribution in [2.45, 2.75) is 38.1 Å². The number of ether oxygens (including phenoxy) is 2. The first-order valence-corrected chi connectivity index (χ1v) is 8.22. The van der Waals surface area contributed by atoms with Crippen LogP contribution in [0.2, 0.25) is 0 Å².